The van der Waals surface area contributed by atoms with Gasteiger partial charge < -0.3 is 14.4 Å². The highest BCUT2D eigenvalue weighted by atomic mass is 16.5. The van der Waals surface area contributed by atoms with Gasteiger partial charge >= 0.3 is 0 Å². The van der Waals surface area contributed by atoms with Gasteiger partial charge in [-0.1, -0.05) is 18.2 Å². The van der Waals surface area contributed by atoms with Crippen molar-refractivity contribution in [2.24, 2.45) is 0 Å². The molecule has 0 amide bonds. The van der Waals surface area contributed by atoms with E-state index in [2.05, 4.69) is 36.2 Å². The van der Waals surface area contributed by atoms with Gasteiger partial charge in [-0.3, -0.25) is 0 Å². The van der Waals surface area contributed by atoms with E-state index in [0.29, 0.717) is 0 Å². The number of fused-ring (bicyclic) bond motifs is 4. The maximum absolute atomic E-state index is 5.74. The molecule has 0 unspecified atom stereocenters. The summed E-state index contributed by atoms with van der Waals surface area (Å²) in [6, 6.07) is 18.4. The van der Waals surface area contributed by atoms with E-state index in [-0.39, 0.29) is 0 Å². The molecule has 0 radical (unpaired) electrons. The van der Waals surface area contributed by atoms with Crippen molar-refractivity contribution in [1.29, 1.82) is 0 Å². The molecule has 26 heavy (non-hydrogen) atoms. The Bertz CT molecular complexity index is 1160. The number of aromatic nitrogens is 1. The van der Waals surface area contributed by atoms with Gasteiger partial charge in [0, 0.05) is 23.6 Å². The fourth-order valence-corrected chi connectivity index (χ4v) is 4.05. The third-order valence-corrected chi connectivity index (χ3v) is 5.18. The molecular formula is C22H18N2O2. The second kappa shape index (κ2) is 5.36. The molecule has 0 N–H and O–H groups in total. The quantitative estimate of drug-likeness (QED) is 0.472. The van der Waals surface area contributed by atoms with E-state index in [1.54, 1.807) is 14.2 Å². The first-order valence-electron chi connectivity index (χ1n) is 8.55. The summed E-state index contributed by atoms with van der Waals surface area (Å²) in [6.07, 6.45) is 0. The van der Waals surface area contributed by atoms with E-state index in [0.717, 1.165) is 55.8 Å². The first kappa shape index (κ1) is 15.0. The van der Waals surface area contributed by atoms with Crippen molar-refractivity contribution in [1.82, 2.24) is 4.98 Å². The Morgan fingerprint density at radius 1 is 0.692 bits per heavy atom. The smallest absolute Gasteiger partial charge is 0.128 e. The molecular weight excluding hydrogens is 324 g/mol. The highest BCUT2D eigenvalue weighted by Crippen LogP contribution is 2.53. The second-order valence-electron chi connectivity index (χ2n) is 6.43. The van der Waals surface area contributed by atoms with Gasteiger partial charge in [0.25, 0.3) is 0 Å². The molecule has 0 saturated carbocycles. The Kier molecular flexibility index (Phi) is 3.10. The molecule has 5 rings (SSSR count). The average molecular weight is 342 g/mol. The van der Waals surface area contributed by atoms with Crippen molar-refractivity contribution in [2.45, 2.75) is 0 Å². The number of methoxy groups -OCH3 is 2. The minimum atomic E-state index is 0.822. The lowest BCUT2D eigenvalue weighted by Crippen LogP contribution is -2.15. The van der Waals surface area contributed by atoms with Crippen molar-refractivity contribution in [3.8, 4) is 22.6 Å². The maximum atomic E-state index is 5.74. The molecule has 1 aliphatic rings. The average Bonchev–Trinajstić information content (AvgIpc) is 2.69. The van der Waals surface area contributed by atoms with Crippen LogP contribution in [0.4, 0.5) is 11.4 Å². The zero-order chi connectivity index (χ0) is 17.8. The number of hydrogen-bond acceptors (Lipinski definition) is 4. The molecule has 0 bridgehead atoms. The fourth-order valence-electron chi connectivity index (χ4n) is 4.05. The van der Waals surface area contributed by atoms with Crippen molar-refractivity contribution >= 4 is 33.2 Å². The van der Waals surface area contributed by atoms with Gasteiger partial charge in [-0.25, -0.2) is 4.98 Å². The van der Waals surface area contributed by atoms with Crippen LogP contribution in [0.2, 0.25) is 0 Å². The summed E-state index contributed by atoms with van der Waals surface area (Å²) in [7, 11) is 5.51. The standard InChI is InChI=1S/C22H18N2O2/c1-24-15-9-4-7-13-19(15)22(21-16(24)10-6-12-18(21)26-3)20-14(23-13)8-5-11-17(20)25-2/h4-12H,1-3H3. The van der Waals surface area contributed by atoms with Crippen LogP contribution in [0.25, 0.3) is 32.9 Å². The van der Waals surface area contributed by atoms with Crippen LogP contribution in [-0.2, 0) is 0 Å². The maximum Gasteiger partial charge on any atom is 0.128 e. The minimum Gasteiger partial charge on any atom is -0.496 e. The molecule has 3 aromatic carbocycles. The zero-order valence-electron chi connectivity index (χ0n) is 14.9. The SMILES string of the molecule is COc1cccc2c1-c1c3c(OC)cccc3nc3cccc(c13)N2C. The number of ether oxygens (including phenoxy) is 2. The van der Waals surface area contributed by atoms with Gasteiger partial charge in [-0.15, -0.1) is 0 Å². The molecule has 0 fully saturated rings. The second-order valence-corrected chi connectivity index (χ2v) is 6.43. The number of rotatable bonds is 2. The summed E-state index contributed by atoms with van der Waals surface area (Å²) < 4.78 is 11.4. The molecule has 2 heterocycles. The Morgan fingerprint density at radius 3 is 2.08 bits per heavy atom. The Hall–Kier alpha value is -3.27. The third kappa shape index (κ3) is 1.81. The van der Waals surface area contributed by atoms with Gasteiger partial charge in [0.15, 0.2) is 0 Å². The predicted molar refractivity (Wildman–Crippen MR) is 106 cm³/mol. The number of anilines is 2. The molecule has 1 aliphatic heterocycles. The zero-order valence-corrected chi connectivity index (χ0v) is 14.9. The normalized spacial score (nSPS) is 12.3. The van der Waals surface area contributed by atoms with Crippen LogP contribution in [0.15, 0.2) is 54.6 Å². The lowest BCUT2D eigenvalue weighted by atomic mass is 9.89. The summed E-state index contributed by atoms with van der Waals surface area (Å²) in [5.74, 6) is 1.67. The van der Waals surface area contributed by atoms with Gasteiger partial charge in [-0.2, -0.15) is 0 Å². The molecule has 4 heteroatoms. The van der Waals surface area contributed by atoms with Crippen molar-refractivity contribution in [2.75, 3.05) is 26.2 Å². The number of hydrogen-bond donors (Lipinski definition) is 0. The lowest BCUT2D eigenvalue weighted by molar-refractivity contribution is 0.416. The van der Waals surface area contributed by atoms with Crippen LogP contribution < -0.4 is 14.4 Å². The first-order valence-corrected chi connectivity index (χ1v) is 8.55. The van der Waals surface area contributed by atoms with Gasteiger partial charge in [0.2, 0.25) is 0 Å². The molecule has 1 aromatic heterocycles. The number of nitrogens with zero attached hydrogens (tertiary/aromatic N) is 2. The third-order valence-electron chi connectivity index (χ3n) is 5.18. The highest BCUT2D eigenvalue weighted by molar-refractivity contribution is 6.21. The van der Waals surface area contributed by atoms with E-state index < -0.39 is 0 Å². The minimum absolute atomic E-state index is 0.822. The van der Waals surface area contributed by atoms with E-state index >= 15 is 0 Å². The predicted octanol–water partition coefficient (Wildman–Crippen LogP) is 5.15. The molecule has 4 aromatic rings. The topological polar surface area (TPSA) is 34.6 Å². The summed E-state index contributed by atoms with van der Waals surface area (Å²) in [5.41, 5.74) is 6.36. The van der Waals surface area contributed by atoms with Crippen molar-refractivity contribution < 1.29 is 9.47 Å². The molecule has 0 atom stereocenters. The lowest BCUT2D eigenvalue weighted by Gasteiger charge is -2.31. The number of pyridine rings is 1. The highest BCUT2D eigenvalue weighted by Gasteiger charge is 2.28. The van der Waals surface area contributed by atoms with E-state index in [1.165, 1.54) is 0 Å². The first-order chi connectivity index (χ1) is 12.7. The van der Waals surface area contributed by atoms with Crippen molar-refractivity contribution in [3.63, 3.8) is 0 Å². The van der Waals surface area contributed by atoms with Gasteiger partial charge in [0.05, 0.1) is 42.0 Å². The Balaban J connectivity index is 2.11. The Labute approximate surface area is 151 Å². The van der Waals surface area contributed by atoms with Crippen LogP contribution in [0.1, 0.15) is 0 Å². The Morgan fingerprint density at radius 2 is 1.31 bits per heavy atom. The monoisotopic (exact) mass is 342 g/mol. The van der Waals surface area contributed by atoms with E-state index in [4.69, 9.17) is 14.5 Å². The number of benzene rings is 3. The molecule has 0 saturated heterocycles. The van der Waals surface area contributed by atoms with Crippen LogP contribution >= 0.6 is 0 Å². The van der Waals surface area contributed by atoms with Gasteiger partial charge in [-0.05, 0) is 36.4 Å². The van der Waals surface area contributed by atoms with Crippen LogP contribution in [0, 0.1) is 0 Å². The van der Waals surface area contributed by atoms with Crippen LogP contribution in [-0.4, -0.2) is 26.3 Å². The largest absolute Gasteiger partial charge is 0.496 e. The van der Waals surface area contributed by atoms with Crippen molar-refractivity contribution in [3.05, 3.63) is 54.6 Å². The van der Waals surface area contributed by atoms with E-state index in [9.17, 15) is 0 Å². The summed E-state index contributed by atoms with van der Waals surface area (Å²) in [4.78, 5) is 7.11. The van der Waals surface area contributed by atoms with E-state index in [1.807, 2.05) is 30.3 Å². The summed E-state index contributed by atoms with van der Waals surface area (Å²) >= 11 is 0. The molecule has 0 spiro atoms. The van der Waals surface area contributed by atoms with Crippen LogP contribution in [0.3, 0.4) is 0 Å². The summed E-state index contributed by atoms with van der Waals surface area (Å²) in [5, 5.41) is 2.15. The van der Waals surface area contributed by atoms with Gasteiger partial charge in [0.1, 0.15) is 11.5 Å². The molecule has 128 valence electrons. The summed E-state index contributed by atoms with van der Waals surface area (Å²) in [6.45, 7) is 0. The van der Waals surface area contributed by atoms with Crippen LogP contribution in [0.5, 0.6) is 11.5 Å². The fraction of sp³-hybridized carbons (Fsp3) is 0.136. The molecule has 0 aliphatic carbocycles. The molecule has 4 nitrogen and oxygen atoms in total.